The highest BCUT2D eigenvalue weighted by Gasteiger charge is 2.08. The molecule has 100 valence electrons. The summed E-state index contributed by atoms with van der Waals surface area (Å²) in [6.07, 6.45) is 0. The number of hydrogen-bond acceptors (Lipinski definition) is 2. The zero-order chi connectivity index (χ0) is 13.8. The molecule has 0 saturated heterocycles. The number of ether oxygens (including phenoxy) is 1. The Bertz CT molecular complexity index is 568. The average molecular weight is 320 g/mol. The summed E-state index contributed by atoms with van der Waals surface area (Å²) in [7, 11) is 1.95. The summed E-state index contributed by atoms with van der Waals surface area (Å²) in [5.74, 6) is 1.69. The van der Waals surface area contributed by atoms with Gasteiger partial charge in [-0.15, -0.1) is 0 Å². The van der Waals surface area contributed by atoms with E-state index in [9.17, 15) is 0 Å². The van der Waals surface area contributed by atoms with Crippen LogP contribution in [0.5, 0.6) is 11.5 Å². The van der Waals surface area contributed by atoms with Crippen molar-refractivity contribution in [3.8, 4) is 11.5 Å². The van der Waals surface area contributed by atoms with E-state index in [2.05, 4.69) is 53.3 Å². The lowest BCUT2D eigenvalue weighted by Crippen LogP contribution is -2.12. The molecule has 0 aromatic heterocycles. The Morgan fingerprint density at radius 3 is 2.58 bits per heavy atom. The fraction of sp³-hybridized carbons (Fsp3) is 0.250. The summed E-state index contributed by atoms with van der Waals surface area (Å²) < 4.78 is 6.86. The molecule has 1 unspecified atom stereocenters. The second kappa shape index (κ2) is 6.22. The molecule has 0 amide bonds. The van der Waals surface area contributed by atoms with Gasteiger partial charge in [-0.25, -0.2) is 0 Å². The molecule has 0 aliphatic heterocycles. The molecular formula is C16H18BrNO. The fourth-order valence-corrected chi connectivity index (χ4v) is 2.32. The number of rotatable bonds is 4. The van der Waals surface area contributed by atoms with E-state index < -0.39 is 0 Å². The van der Waals surface area contributed by atoms with Crippen molar-refractivity contribution in [2.24, 2.45) is 0 Å². The third kappa shape index (κ3) is 3.58. The normalized spacial score (nSPS) is 12.2. The molecule has 0 aliphatic rings. The van der Waals surface area contributed by atoms with E-state index in [4.69, 9.17) is 4.74 Å². The molecule has 2 nitrogen and oxygen atoms in total. The monoisotopic (exact) mass is 319 g/mol. The van der Waals surface area contributed by atoms with Crippen molar-refractivity contribution in [3.63, 3.8) is 0 Å². The zero-order valence-electron chi connectivity index (χ0n) is 11.4. The Morgan fingerprint density at radius 1 is 1.16 bits per heavy atom. The predicted molar refractivity (Wildman–Crippen MR) is 82.9 cm³/mol. The van der Waals surface area contributed by atoms with Crippen LogP contribution in [0.3, 0.4) is 0 Å². The van der Waals surface area contributed by atoms with Gasteiger partial charge < -0.3 is 10.1 Å². The number of benzene rings is 2. The van der Waals surface area contributed by atoms with E-state index in [1.807, 2.05) is 31.3 Å². The van der Waals surface area contributed by atoms with Crippen LogP contribution in [0.15, 0.2) is 46.9 Å². The summed E-state index contributed by atoms with van der Waals surface area (Å²) in [5.41, 5.74) is 2.42. The molecule has 1 N–H and O–H groups in total. The van der Waals surface area contributed by atoms with Gasteiger partial charge in [0.1, 0.15) is 11.5 Å². The maximum Gasteiger partial charge on any atom is 0.141 e. The van der Waals surface area contributed by atoms with E-state index in [-0.39, 0.29) is 0 Å². The number of aryl methyl sites for hydroxylation is 1. The smallest absolute Gasteiger partial charge is 0.141 e. The summed E-state index contributed by atoms with van der Waals surface area (Å²) in [4.78, 5) is 0. The van der Waals surface area contributed by atoms with Crippen LogP contribution in [0, 0.1) is 6.92 Å². The minimum Gasteiger partial charge on any atom is -0.456 e. The lowest BCUT2D eigenvalue weighted by atomic mass is 10.1. The van der Waals surface area contributed by atoms with E-state index in [1.54, 1.807) is 0 Å². The van der Waals surface area contributed by atoms with Crippen molar-refractivity contribution < 1.29 is 4.74 Å². The summed E-state index contributed by atoms with van der Waals surface area (Å²) in [6.45, 7) is 4.18. The van der Waals surface area contributed by atoms with Gasteiger partial charge in [-0.3, -0.25) is 0 Å². The van der Waals surface area contributed by atoms with Crippen molar-refractivity contribution in [3.05, 3.63) is 58.1 Å². The molecule has 19 heavy (non-hydrogen) atoms. The molecule has 0 spiro atoms. The Hall–Kier alpha value is -1.32. The lowest BCUT2D eigenvalue weighted by Gasteiger charge is -2.13. The van der Waals surface area contributed by atoms with Gasteiger partial charge in [-0.1, -0.05) is 18.2 Å². The highest BCUT2D eigenvalue weighted by atomic mass is 79.9. The van der Waals surface area contributed by atoms with Crippen LogP contribution >= 0.6 is 15.9 Å². The molecule has 2 rings (SSSR count). The van der Waals surface area contributed by atoms with Crippen molar-refractivity contribution in [1.29, 1.82) is 0 Å². The first-order valence-electron chi connectivity index (χ1n) is 6.31. The lowest BCUT2D eigenvalue weighted by molar-refractivity contribution is 0.478. The van der Waals surface area contributed by atoms with Gasteiger partial charge in [-0.2, -0.15) is 0 Å². The van der Waals surface area contributed by atoms with Crippen LogP contribution in [-0.2, 0) is 0 Å². The van der Waals surface area contributed by atoms with E-state index >= 15 is 0 Å². The van der Waals surface area contributed by atoms with Crippen molar-refractivity contribution in [2.75, 3.05) is 7.05 Å². The SMILES string of the molecule is CNC(C)c1ccc(Oc2cccc(C)c2)c(Br)c1. The average Bonchev–Trinajstić information content (AvgIpc) is 2.40. The Morgan fingerprint density at radius 2 is 1.95 bits per heavy atom. The van der Waals surface area contributed by atoms with E-state index in [0.29, 0.717) is 6.04 Å². The summed E-state index contributed by atoms with van der Waals surface area (Å²) in [5, 5.41) is 3.22. The van der Waals surface area contributed by atoms with Crippen LogP contribution in [-0.4, -0.2) is 7.05 Å². The number of nitrogens with one attached hydrogen (secondary N) is 1. The first-order valence-corrected chi connectivity index (χ1v) is 7.10. The van der Waals surface area contributed by atoms with E-state index in [1.165, 1.54) is 11.1 Å². The Balaban J connectivity index is 2.22. The molecular weight excluding hydrogens is 302 g/mol. The standard InChI is InChI=1S/C16H18BrNO/c1-11-5-4-6-14(9-11)19-16-8-7-13(10-15(16)17)12(2)18-3/h4-10,12,18H,1-3H3. The Labute approximate surface area is 122 Å². The second-order valence-electron chi connectivity index (χ2n) is 4.62. The van der Waals surface area contributed by atoms with Crippen molar-refractivity contribution in [1.82, 2.24) is 5.32 Å². The number of hydrogen-bond donors (Lipinski definition) is 1. The molecule has 2 aromatic rings. The quantitative estimate of drug-likeness (QED) is 0.871. The van der Waals surface area contributed by atoms with Crippen LogP contribution in [0.2, 0.25) is 0 Å². The number of halogens is 1. The molecule has 0 fully saturated rings. The zero-order valence-corrected chi connectivity index (χ0v) is 13.0. The highest BCUT2D eigenvalue weighted by Crippen LogP contribution is 2.32. The minimum absolute atomic E-state index is 0.323. The van der Waals surface area contributed by atoms with Crippen LogP contribution in [0.4, 0.5) is 0 Å². The van der Waals surface area contributed by atoms with Gasteiger partial charge in [0.15, 0.2) is 0 Å². The third-order valence-corrected chi connectivity index (χ3v) is 3.73. The van der Waals surface area contributed by atoms with Gasteiger partial charge >= 0.3 is 0 Å². The highest BCUT2D eigenvalue weighted by molar-refractivity contribution is 9.10. The molecule has 3 heteroatoms. The molecule has 2 aromatic carbocycles. The van der Waals surface area contributed by atoms with Gasteiger partial charge in [-0.05, 0) is 72.2 Å². The van der Waals surface area contributed by atoms with Crippen molar-refractivity contribution in [2.45, 2.75) is 19.9 Å². The van der Waals surface area contributed by atoms with Crippen molar-refractivity contribution >= 4 is 15.9 Å². The summed E-state index contributed by atoms with van der Waals surface area (Å²) >= 11 is 3.57. The molecule has 1 atom stereocenters. The molecule has 0 bridgehead atoms. The van der Waals surface area contributed by atoms with Crippen LogP contribution in [0.1, 0.15) is 24.1 Å². The first-order chi connectivity index (χ1) is 9.10. The molecule has 0 radical (unpaired) electrons. The maximum atomic E-state index is 5.89. The molecule has 0 aliphatic carbocycles. The molecule has 0 saturated carbocycles. The summed E-state index contributed by atoms with van der Waals surface area (Å²) in [6, 6.07) is 14.5. The van der Waals surface area contributed by atoms with Gasteiger partial charge in [0.25, 0.3) is 0 Å². The van der Waals surface area contributed by atoms with Crippen LogP contribution < -0.4 is 10.1 Å². The maximum absolute atomic E-state index is 5.89. The van der Waals surface area contributed by atoms with Crippen LogP contribution in [0.25, 0.3) is 0 Å². The first kappa shape index (κ1) is 14.1. The predicted octanol–water partition coefficient (Wildman–Crippen LogP) is 4.83. The largest absolute Gasteiger partial charge is 0.456 e. The van der Waals surface area contributed by atoms with Gasteiger partial charge in [0.05, 0.1) is 4.47 Å². The van der Waals surface area contributed by atoms with Gasteiger partial charge in [0.2, 0.25) is 0 Å². The topological polar surface area (TPSA) is 21.3 Å². The second-order valence-corrected chi connectivity index (χ2v) is 5.47. The minimum atomic E-state index is 0.323. The molecule has 0 heterocycles. The van der Waals surface area contributed by atoms with E-state index in [0.717, 1.165) is 16.0 Å². The van der Waals surface area contributed by atoms with Gasteiger partial charge in [0, 0.05) is 6.04 Å². The fourth-order valence-electron chi connectivity index (χ4n) is 1.84. The third-order valence-electron chi connectivity index (χ3n) is 3.11. The Kier molecular flexibility index (Phi) is 4.61.